The predicted molar refractivity (Wildman–Crippen MR) is 51.9 cm³/mol. The smallest absolute Gasteiger partial charge is 0.317 e. The van der Waals surface area contributed by atoms with E-state index >= 15 is 0 Å². The molecule has 2 atom stereocenters. The van der Waals surface area contributed by atoms with E-state index in [1.54, 1.807) is 0 Å². The number of alkyl halides is 1. The van der Waals surface area contributed by atoms with Crippen LogP contribution in [-0.2, 0) is 4.79 Å². The number of carboxylic acids is 1. The number of rotatable bonds is 2. The first kappa shape index (κ1) is 9.03. The molecule has 0 saturated carbocycles. The maximum atomic E-state index is 10.6. The first-order valence-electron chi connectivity index (χ1n) is 3.75. The zero-order valence-corrected chi connectivity index (χ0v) is 8.32. The van der Waals surface area contributed by atoms with Crippen molar-refractivity contribution in [3.05, 3.63) is 12.2 Å². The highest BCUT2D eigenvalue weighted by atomic mass is 127. The van der Waals surface area contributed by atoms with Gasteiger partial charge in [-0.15, -0.1) is 0 Å². The third kappa shape index (κ3) is 2.47. The van der Waals surface area contributed by atoms with Crippen molar-refractivity contribution >= 4 is 28.6 Å². The van der Waals surface area contributed by atoms with Crippen molar-refractivity contribution in [2.75, 3.05) is 0 Å². The van der Waals surface area contributed by atoms with Crippen LogP contribution in [-0.4, -0.2) is 15.0 Å². The number of halogens is 1. The summed E-state index contributed by atoms with van der Waals surface area (Å²) in [5.74, 6) is -0.441. The number of carbonyl (C=O) groups is 1. The lowest BCUT2D eigenvalue weighted by molar-refractivity contribution is -0.136. The number of aliphatic carboxylic acids is 1. The fourth-order valence-corrected chi connectivity index (χ4v) is 1.86. The van der Waals surface area contributed by atoms with Crippen LogP contribution in [0.1, 0.15) is 19.3 Å². The molecule has 1 rings (SSSR count). The Morgan fingerprint density at radius 1 is 1.73 bits per heavy atom. The molecule has 0 spiro atoms. The molecule has 1 N–H and O–H groups in total. The Labute approximate surface area is 79.8 Å². The second kappa shape index (κ2) is 4.09. The summed E-state index contributed by atoms with van der Waals surface area (Å²) >= 11 is 2.00. The molecule has 2 nitrogen and oxygen atoms in total. The van der Waals surface area contributed by atoms with Crippen LogP contribution in [0.3, 0.4) is 0 Å². The number of carboxylic acid groups (broad SMARTS) is 1. The average Bonchev–Trinajstić information content (AvgIpc) is 2.05. The second-order valence-corrected chi connectivity index (χ2v) is 4.10. The Hall–Kier alpha value is -0.0600. The number of allylic oxidation sites excluding steroid dienone is 2. The Kier molecular flexibility index (Phi) is 3.36. The number of hydrogen-bond acceptors (Lipinski definition) is 1. The first-order valence-corrected chi connectivity index (χ1v) is 5.00. The summed E-state index contributed by atoms with van der Waals surface area (Å²) in [6, 6.07) is 0. The SMILES string of the molecule is O=C(O)C(I)C1C=CCCC1. The van der Waals surface area contributed by atoms with Crippen LogP contribution < -0.4 is 0 Å². The Morgan fingerprint density at radius 3 is 2.91 bits per heavy atom. The zero-order valence-electron chi connectivity index (χ0n) is 6.16. The summed E-state index contributed by atoms with van der Waals surface area (Å²) in [5, 5.41) is 8.69. The molecule has 0 fully saturated rings. The highest BCUT2D eigenvalue weighted by Crippen LogP contribution is 2.25. The molecule has 0 aliphatic heterocycles. The van der Waals surface area contributed by atoms with Gasteiger partial charge < -0.3 is 5.11 Å². The van der Waals surface area contributed by atoms with Gasteiger partial charge in [-0.05, 0) is 25.2 Å². The van der Waals surface area contributed by atoms with Crippen molar-refractivity contribution in [2.24, 2.45) is 5.92 Å². The zero-order chi connectivity index (χ0) is 8.27. The Bertz CT molecular complexity index is 177. The van der Waals surface area contributed by atoms with Gasteiger partial charge >= 0.3 is 5.97 Å². The fraction of sp³-hybridized carbons (Fsp3) is 0.625. The van der Waals surface area contributed by atoms with Crippen LogP contribution in [0, 0.1) is 5.92 Å². The van der Waals surface area contributed by atoms with Crippen molar-refractivity contribution in [3.63, 3.8) is 0 Å². The molecule has 1 aliphatic carbocycles. The maximum absolute atomic E-state index is 10.6. The second-order valence-electron chi connectivity index (χ2n) is 2.76. The molecule has 0 saturated heterocycles. The molecule has 62 valence electrons. The molecular weight excluding hydrogens is 255 g/mol. The van der Waals surface area contributed by atoms with Gasteiger partial charge in [0, 0.05) is 0 Å². The van der Waals surface area contributed by atoms with E-state index in [1.165, 1.54) is 0 Å². The van der Waals surface area contributed by atoms with Gasteiger partial charge in [0.25, 0.3) is 0 Å². The molecule has 0 aromatic heterocycles. The normalized spacial score (nSPS) is 26.5. The monoisotopic (exact) mass is 266 g/mol. The number of hydrogen-bond donors (Lipinski definition) is 1. The van der Waals surface area contributed by atoms with Crippen molar-refractivity contribution in [3.8, 4) is 0 Å². The minimum Gasteiger partial charge on any atom is -0.480 e. The molecular formula is C8H11IO2. The van der Waals surface area contributed by atoms with Gasteiger partial charge in [0.15, 0.2) is 0 Å². The van der Waals surface area contributed by atoms with Gasteiger partial charge in [0.05, 0.1) is 0 Å². The highest BCUT2D eigenvalue weighted by molar-refractivity contribution is 14.1. The third-order valence-corrected chi connectivity index (χ3v) is 3.36. The molecule has 0 aromatic carbocycles. The van der Waals surface area contributed by atoms with Gasteiger partial charge in [-0.3, -0.25) is 4.79 Å². The molecule has 0 heterocycles. The first-order chi connectivity index (χ1) is 5.22. The largest absolute Gasteiger partial charge is 0.480 e. The van der Waals surface area contributed by atoms with Crippen LogP contribution in [0.4, 0.5) is 0 Å². The van der Waals surface area contributed by atoms with Crippen molar-refractivity contribution < 1.29 is 9.90 Å². The van der Waals surface area contributed by atoms with E-state index in [4.69, 9.17) is 5.11 Å². The highest BCUT2D eigenvalue weighted by Gasteiger charge is 2.23. The van der Waals surface area contributed by atoms with Crippen molar-refractivity contribution in [2.45, 2.75) is 23.2 Å². The molecule has 1 aliphatic rings. The van der Waals surface area contributed by atoms with Crippen molar-refractivity contribution in [1.29, 1.82) is 0 Å². The van der Waals surface area contributed by atoms with Gasteiger partial charge in [-0.1, -0.05) is 34.7 Å². The molecule has 0 amide bonds. The quantitative estimate of drug-likeness (QED) is 0.472. The van der Waals surface area contributed by atoms with E-state index in [9.17, 15) is 4.79 Å². The molecule has 11 heavy (non-hydrogen) atoms. The third-order valence-electron chi connectivity index (χ3n) is 1.90. The lowest BCUT2D eigenvalue weighted by Gasteiger charge is -2.18. The molecule has 3 heteroatoms. The lowest BCUT2D eigenvalue weighted by Crippen LogP contribution is -2.22. The molecule has 0 bridgehead atoms. The standard InChI is InChI=1S/C8H11IO2/c9-7(8(10)11)6-4-2-1-3-5-6/h2,4,6-7H,1,3,5H2,(H,10,11). The average molecular weight is 266 g/mol. The van der Waals surface area contributed by atoms with E-state index in [1.807, 2.05) is 28.7 Å². The Balaban J connectivity index is 2.52. The summed E-state index contributed by atoms with van der Waals surface area (Å²) in [6.45, 7) is 0. The van der Waals surface area contributed by atoms with Gasteiger partial charge in [-0.2, -0.15) is 0 Å². The van der Waals surface area contributed by atoms with Gasteiger partial charge in [0.1, 0.15) is 3.92 Å². The predicted octanol–water partition coefficient (Wildman–Crippen LogP) is 2.23. The van der Waals surface area contributed by atoms with E-state index in [-0.39, 0.29) is 9.84 Å². The van der Waals surface area contributed by atoms with Crippen LogP contribution in [0.15, 0.2) is 12.2 Å². The minimum atomic E-state index is -0.692. The Morgan fingerprint density at radius 2 is 2.45 bits per heavy atom. The van der Waals surface area contributed by atoms with Crippen LogP contribution in [0.5, 0.6) is 0 Å². The lowest BCUT2D eigenvalue weighted by atomic mass is 9.93. The van der Waals surface area contributed by atoms with E-state index < -0.39 is 5.97 Å². The van der Waals surface area contributed by atoms with E-state index in [0.717, 1.165) is 19.3 Å². The summed E-state index contributed by atoms with van der Waals surface area (Å²) < 4.78 is -0.246. The van der Waals surface area contributed by atoms with Crippen LogP contribution >= 0.6 is 22.6 Å². The molecule has 0 aromatic rings. The van der Waals surface area contributed by atoms with Gasteiger partial charge in [-0.25, -0.2) is 0 Å². The van der Waals surface area contributed by atoms with E-state index in [0.29, 0.717) is 0 Å². The maximum Gasteiger partial charge on any atom is 0.317 e. The summed E-state index contributed by atoms with van der Waals surface area (Å²) in [7, 11) is 0. The van der Waals surface area contributed by atoms with Gasteiger partial charge in [0.2, 0.25) is 0 Å². The van der Waals surface area contributed by atoms with Crippen molar-refractivity contribution in [1.82, 2.24) is 0 Å². The summed E-state index contributed by atoms with van der Waals surface area (Å²) in [5.41, 5.74) is 0. The van der Waals surface area contributed by atoms with E-state index in [2.05, 4.69) is 6.08 Å². The topological polar surface area (TPSA) is 37.3 Å². The molecule has 2 unspecified atom stereocenters. The summed E-state index contributed by atoms with van der Waals surface area (Å²) in [6.07, 6.45) is 7.39. The fourth-order valence-electron chi connectivity index (χ4n) is 1.27. The van der Waals surface area contributed by atoms with Crippen LogP contribution in [0.25, 0.3) is 0 Å². The molecule has 0 radical (unpaired) electrons. The van der Waals surface area contributed by atoms with Crippen LogP contribution in [0.2, 0.25) is 0 Å². The summed E-state index contributed by atoms with van der Waals surface area (Å²) in [4.78, 5) is 10.6. The minimum absolute atomic E-state index is 0.246.